The molecule has 0 aromatic carbocycles. The first kappa shape index (κ1) is 24.9. The number of nitrogens with zero attached hydrogens (tertiary/aromatic N) is 1. The van der Waals surface area contributed by atoms with Gasteiger partial charge in [-0.3, -0.25) is 4.90 Å². The lowest BCUT2D eigenvalue weighted by Crippen LogP contribution is -2.81. The van der Waals surface area contributed by atoms with Crippen molar-refractivity contribution in [3.05, 3.63) is 0 Å². The zero-order valence-electron chi connectivity index (χ0n) is 21.2. The lowest BCUT2D eigenvalue weighted by Gasteiger charge is -2.70. The van der Waals surface area contributed by atoms with Crippen LogP contribution in [-0.2, 0) is 18.9 Å². The molecule has 0 aromatic heterocycles. The molecule has 15 atom stereocenters. The zero-order chi connectivity index (χ0) is 25.3. The number of likely N-dealkylation sites (tertiary alicyclic amines) is 1. The van der Waals surface area contributed by atoms with Crippen molar-refractivity contribution in [2.24, 2.45) is 34.5 Å². The number of hydrogen-bond acceptors (Lipinski definition) is 10. The third kappa shape index (κ3) is 2.35. The second kappa shape index (κ2) is 7.59. The Hall–Kier alpha value is -0.400. The molecule has 1 spiro atoms. The Morgan fingerprint density at radius 1 is 0.943 bits per heavy atom. The van der Waals surface area contributed by atoms with Crippen LogP contribution >= 0.6 is 0 Å². The number of aliphatic hydroxyl groups excluding tert-OH is 3. The van der Waals surface area contributed by atoms with E-state index < -0.39 is 76.4 Å². The van der Waals surface area contributed by atoms with Crippen LogP contribution in [0.3, 0.4) is 0 Å². The summed E-state index contributed by atoms with van der Waals surface area (Å²) in [6.45, 7) is 3.58. The van der Waals surface area contributed by atoms with Crippen LogP contribution in [0.25, 0.3) is 0 Å². The van der Waals surface area contributed by atoms with E-state index >= 15 is 0 Å². The molecule has 5 aliphatic carbocycles. The van der Waals surface area contributed by atoms with E-state index in [0.29, 0.717) is 26.1 Å². The first-order valence-corrected chi connectivity index (χ1v) is 12.9. The van der Waals surface area contributed by atoms with Crippen molar-refractivity contribution in [3.63, 3.8) is 0 Å². The number of ether oxygens (including phenoxy) is 4. The lowest BCUT2D eigenvalue weighted by molar-refractivity contribution is -0.320. The average molecular weight is 500 g/mol. The van der Waals surface area contributed by atoms with Gasteiger partial charge < -0.3 is 44.5 Å². The van der Waals surface area contributed by atoms with Crippen molar-refractivity contribution in [1.29, 1.82) is 0 Å². The van der Waals surface area contributed by atoms with Crippen LogP contribution in [0.5, 0.6) is 0 Å². The van der Waals surface area contributed by atoms with Gasteiger partial charge in [-0.2, -0.15) is 0 Å². The highest BCUT2D eigenvalue weighted by molar-refractivity contribution is 5.39. The third-order valence-corrected chi connectivity index (χ3v) is 11.7. The minimum Gasteiger partial charge on any atom is -0.392 e. The van der Waals surface area contributed by atoms with Gasteiger partial charge in [0.15, 0.2) is 0 Å². The van der Waals surface area contributed by atoms with Crippen molar-refractivity contribution in [1.82, 2.24) is 4.90 Å². The standard InChI is InChI=1S/C25H41NO9/c1-6-26-9-22(10-32-2)12(27)7-13(33-3)24-11-8-23(30)19(28)14(11)25(31,20(29)21(23)35-5)15(18(24)26)16(34-4)17(22)24/h11-21,27-31H,6-10H2,1-5H3/t11-,12-,13?,14-,15+,16+,17-,18?,19-,20+,21+,22+,23+,24+,25-/m1/s1. The summed E-state index contributed by atoms with van der Waals surface area (Å²) in [7, 11) is 6.29. The van der Waals surface area contributed by atoms with Crippen molar-refractivity contribution in [3.8, 4) is 0 Å². The summed E-state index contributed by atoms with van der Waals surface area (Å²) < 4.78 is 23.7. The number of aliphatic hydroxyl groups is 5. The fraction of sp³-hybridized carbons (Fsp3) is 1.00. The van der Waals surface area contributed by atoms with E-state index in [4.69, 9.17) is 18.9 Å². The van der Waals surface area contributed by atoms with Gasteiger partial charge in [0.1, 0.15) is 23.4 Å². The van der Waals surface area contributed by atoms with Crippen molar-refractivity contribution >= 4 is 0 Å². The molecular weight excluding hydrogens is 458 g/mol. The van der Waals surface area contributed by atoms with Crippen LogP contribution in [0.15, 0.2) is 0 Å². The Balaban J connectivity index is 1.68. The van der Waals surface area contributed by atoms with Crippen molar-refractivity contribution < 1.29 is 44.5 Å². The number of fused-ring (bicyclic) bond motifs is 2. The highest BCUT2D eigenvalue weighted by Crippen LogP contribution is 2.79. The van der Waals surface area contributed by atoms with Gasteiger partial charge in [0.2, 0.25) is 0 Å². The van der Waals surface area contributed by atoms with E-state index in [9.17, 15) is 25.5 Å². The molecule has 0 radical (unpaired) electrons. The second-order valence-electron chi connectivity index (χ2n) is 12.1. The molecule has 6 fully saturated rings. The molecular formula is C25H41NO9. The summed E-state index contributed by atoms with van der Waals surface area (Å²) in [4.78, 5) is 2.29. The van der Waals surface area contributed by atoms with Crippen LogP contribution in [-0.4, -0.2) is 132 Å². The quantitative estimate of drug-likeness (QED) is 0.285. The molecule has 10 heteroatoms. The summed E-state index contributed by atoms with van der Waals surface area (Å²) in [5.74, 6) is -2.04. The maximum atomic E-state index is 12.6. The van der Waals surface area contributed by atoms with Gasteiger partial charge in [0, 0.05) is 76.0 Å². The topological polar surface area (TPSA) is 141 Å². The smallest absolute Gasteiger partial charge is 0.120 e. The summed E-state index contributed by atoms with van der Waals surface area (Å²) in [5.41, 5.74) is -4.81. The summed E-state index contributed by atoms with van der Waals surface area (Å²) >= 11 is 0. The Morgan fingerprint density at radius 3 is 2.23 bits per heavy atom. The maximum Gasteiger partial charge on any atom is 0.120 e. The van der Waals surface area contributed by atoms with Gasteiger partial charge in [-0.25, -0.2) is 0 Å². The number of methoxy groups -OCH3 is 4. The highest BCUT2D eigenvalue weighted by atomic mass is 16.5. The molecule has 2 unspecified atom stereocenters. The Morgan fingerprint density at radius 2 is 1.66 bits per heavy atom. The molecule has 1 heterocycles. The van der Waals surface area contributed by atoms with Crippen LogP contribution in [0.1, 0.15) is 19.8 Å². The molecule has 35 heavy (non-hydrogen) atoms. The van der Waals surface area contributed by atoms with Crippen LogP contribution in [0.4, 0.5) is 0 Å². The van der Waals surface area contributed by atoms with Crippen LogP contribution in [0, 0.1) is 34.5 Å². The first-order valence-electron chi connectivity index (χ1n) is 12.9. The molecule has 6 rings (SSSR count). The molecule has 1 aliphatic heterocycles. The minimum absolute atomic E-state index is 0.156. The third-order valence-electron chi connectivity index (χ3n) is 11.7. The lowest BCUT2D eigenvalue weighted by atomic mass is 9.42. The van der Waals surface area contributed by atoms with E-state index in [-0.39, 0.29) is 18.4 Å². The van der Waals surface area contributed by atoms with E-state index in [1.807, 2.05) is 0 Å². The molecule has 6 aliphatic rings. The highest BCUT2D eigenvalue weighted by Gasteiger charge is 2.90. The summed E-state index contributed by atoms with van der Waals surface area (Å²) in [6, 6.07) is -0.240. The van der Waals surface area contributed by atoms with Crippen LogP contribution in [0.2, 0.25) is 0 Å². The van der Waals surface area contributed by atoms with Crippen molar-refractivity contribution in [2.75, 3.05) is 48.1 Å². The number of rotatable bonds is 6. The number of piperidine rings is 1. The SMILES string of the molecule is CCN1C[C@]2(COC)[C@H](O)CC(OC)[C@]34C1[C@H]([C@H](OC)[C@H]23)[C@]1(O)[C@H]2[C@@H](O)[C@@](O)(C[C@H]24)[C@@H](OC)[C@@H]1O. The van der Waals surface area contributed by atoms with Gasteiger partial charge >= 0.3 is 0 Å². The Kier molecular flexibility index (Phi) is 5.40. The molecule has 0 amide bonds. The fourth-order valence-electron chi connectivity index (χ4n) is 11.0. The van der Waals surface area contributed by atoms with E-state index in [2.05, 4.69) is 11.8 Å². The molecule has 10 nitrogen and oxygen atoms in total. The Labute approximate surface area is 206 Å². The van der Waals surface area contributed by atoms with E-state index in [0.717, 1.165) is 0 Å². The van der Waals surface area contributed by atoms with Gasteiger partial charge in [-0.15, -0.1) is 0 Å². The van der Waals surface area contributed by atoms with Gasteiger partial charge in [-0.1, -0.05) is 6.92 Å². The van der Waals surface area contributed by atoms with Crippen LogP contribution < -0.4 is 0 Å². The monoisotopic (exact) mass is 499 g/mol. The Bertz CT molecular complexity index is 878. The second-order valence-corrected chi connectivity index (χ2v) is 12.1. The van der Waals surface area contributed by atoms with Gasteiger partial charge in [0.25, 0.3) is 0 Å². The molecule has 200 valence electrons. The van der Waals surface area contributed by atoms with E-state index in [1.165, 1.54) is 7.11 Å². The molecule has 7 bridgehead atoms. The summed E-state index contributed by atoms with van der Waals surface area (Å²) in [5, 5.41) is 59.3. The normalized spacial score (nSPS) is 62.4. The van der Waals surface area contributed by atoms with Gasteiger partial charge in [-0.05, 0) is 18.9 Å². The first-order chi connectivity index (χ1) is 16.6. The molecule has 0 aromatic rings. The predicted octanol–water partition coefficient (Wildman–Crippen LogP) is -1.79. The molecule has 5 N–H and O–H groups in total. The number of hydrogen-bond donors (Lipinski definition) is 5. The average Bonchev–Trinajstić information content (AvgIpc) is 3.19. The minimum atomic E-state index is -1.76. The van der Waals surface area contributed by atoms with E-state index in [1.54, 1.807) is 21.3 Å². The van der Waals surface area contributed by atoms with Crippen molar-refractivity contribution in [2.45, 2.75) is 73.6 Å². The molecule has 1 saturated heterocycles. The predicted molar refractivity (Wildman–Crippen MR) is 121 cm³/mol. The molecule has 5 saturated carbocycles. The zero-order valence-corrected chi connectivity index (χ0v) is 21.2. The fourth-order valence-corrected chi connectivity index (χ4v) is 11.0. The van der Waals surface area contributed by atoms with Gasteiger partial charge in [0.05, 0.1) is 31.0 Å². The summed E-state index contributed by atoms with van der Waals surface area (Å²) in [6.07, 6.45) is -4.95. The maximum absolute atomic E-state index is 12.6. The largest absolute Gasteiger partial charge is 0.392 e.